The van der Waals surface area contributed by atoms with Gasteiger partial charge in [-0.3, -0.25) is 4.79 Å². The number of benzene rings is 1. The van der Waals surface area contributed by atoms with Gasteiger partial charge < -0.3 is 13.9 Å². The highest BCUT2D eigenvalue weighted by atomic mass is 16.4. The van der Waals surface area contributed by atoms with Gasteiger partial charge in [-0.05, 0) is 55.7 Å². The number of nitrogens with zero attached hydrogens (tertiary/aromatic N) is 4. The molecule has 1 amide bonds. The molecule has 0 N–H and O–H groups in total. The summed E-state index contributed by atoms with van der Waals surface area (Å²) < 4.78 is 7.83. The Hall–Kier alpha value is -2.89. The summed E-state index contributed by atoms with van der Waals surface area (Å²) in [7, 11) is 0. The van der Waals surface area contributed by atoms with Gasteiger partial charge in [0.15, 0.2) is 0 Å². The lowest BCUT2D eigenvalue weighted by atomic mass is 9.85. The molecule has 3 aromatic rings. The summed E-state index contributed by atoms with van der Waals surface area (Å²) in [6.45, 7) is 1.98. The van der Waals surface area contributed by atoms with Gasteiger partial charge >= 0.3 is 0 Å². The zero-order valence-electron chi connectivity index (χ0n) is 17.2. The molecule has 0 radical (unpaired) electrons. The van der Waals surface area contributed by atoms with Gasteiger partial charge in [0.05, 0.1) is 0 Å². The third-order valence-electron chi connectivity index (χ3n) is 6.58. The standard InChI is InChI=1S/C24H28N4O2/c29-22(27-14-11-19(12-15-27)16-18-6-2-1-3-7-18)17-28-13-5-10-21(28)24-26-25-23(30-24)20-8-4-9-20/h1-3,5-7,10,13,19-20H,4,8-9,11-12,14-17H2. The minimum atomic E-state index is 0.157. The lowest BCUT2D eigenvalue weighted by Gasteiger charge is -2.32. The molecule has 0 atom stereocenters. The van der Waals surface area contributed by atoms with E-state index in [2.05, 4.69) is 40.5 Å². The zero-order valence-corrected chi connectivity index (χ0v) is 17.2. The first-order chi connectivity index (χ1) is 14.8. The molecule has 1 saturated heterocycles. The van der Waals surface area contributed by atoms with Gasteiger partial charge in [-0.25, -0.2) is 0 Å². The van der Waals surface area contributed by atoms with Gasteiger partial charge in [-0.15, -0.1) is 10.2 Å². The number of rotatable bonds is 6. The fourth-order valence-electron chi connectivity index (χ4n) is 4.48. The van der Waals surface area contributed by atoms with E-state index in [1.807, 2.05) is 27.8 Å². The van der Waals surface area contributed by atoms with Crippen molar-refractivity contribution in [3.8, 4) is 11.6 Å². The van der Waals surface area contributed by atoms with Crippen LogP contribution in [-0.4, -0.2) is 38.7 Å². The van der Waals surface area contributed by atoms with Gasteiger partial charge in [-0.2, -0.15) is 0 Å². The molecule has 0 spiro atoms. The van der Waals surface area contributed by atoms with Gasteiger partial charge in [0.1, 0.15) is 12.2 Å². The van der Waals surface area contributed by atoms with Crippen LogP contribution in [0.25, 0.3) is 11.6 Å². The number of amides is 1. The Balaban J connectivity index is 1.18. The lowest BCUT2D eigenvalue weighted by molar-refractivity contribution is -0.133. The van der Waals surface area contributed by atoms with Crippen molar-refractivity contribution in [1.29, 1.82) is 0 Å². The number of piperidine rings is 1. The summed E-state index contributed by atoms with van der Waals surface area (Å²) in [5.74, 6) is 2.46. The van der Waals surface area contributed by atoms with Crippen molar-refractivity contribution < 1.29 is 9.21 Å². The van der Waals surface area contributed by atoms with E-state index in [9.17, 15) is 4.79 Å². The van der Waals surface area contributed by atoms with Crippen molar-refractivity contribution in [2.45, 2.75) is 51.0 Å². The van der Waals surface area contributed by atoms with E-state index < -0.39 is 0 Å². The van der Waals surface area contributed by atoms with Crippen LogP contribution in [0.1, 0.15) is 49.5 Å². The fourth-order valence-corrected chi connectivity index (χ4v) is 4.48. The second-order valence-electron chi connectivity index (χ2n) is 8.61. The molecular formula is C24H28N4O2. The van der Waals surface area contributed by atoms with Crippen LogP contribution in [0.5, 0.6) is 0 Å². The highest BCUT2D eigenvalue weighted by Gasteiger charge is 2.27. The molecule has 3 heterocycles. The van der Waals surface area contributed by atoms with Crippen molar-refractivity contribution in [3.05, 3.63) is 60.1 Å². The predicted octanol–water partition coefficient (Wildman–Crippen LogP) is 4.29. The molecule has 2 aromatic heterocycles. The molecule has 30 heavy (non-hydrogen) atoms. The molecule has 1 aliphatic heterocycles. The Morgan fingerprint density at radius 1 is 1.00 bits per heavy atom. The van der Waals surface area contributed by atoms with Crippen molar-refractivity contribution in [2.24, 2.45) is 5.92 Å². The summed E-state index contributed by atoms with van der Waals surface area (Å²) >= 11 is 0. The Bertz CT molecular complexity index is 982. The minimum absolute atomic E-state index is 0.157. The van der Waals surface area contributed by atoms with E-state index >= 15 is 0 Å². The molecule has 6 nitrogen and oxygen atoms in total. The first kappa shape index (κ1) is 19.1. The van der Waals surface area contributed by atoms with Crippen LogP contribution in [0.2, 0.25) is 0 Å². The second-order valence-corrected chi connectivity index (χ2v) is 8.61. The van der Waals surface area contributed by atoms with E-state index in [0.717, 1.165) is 56.8 Å². The topological polar surface area (TPSA) is 64.2 Å². The fraction of sp³-hybridized carbons (Fsp3) is 0.458. The molecule has 5 rings (SSSR count). The predicted molar refractivity (Wildman–Crippen MR) is 114 cm³/mol. The molecule has 2 fully saturated rings. The third kappa shape index (κ3) is 4.04. The van der Waals surface area contributed by atoms with Crippen LogP contribution in [0.15, 0.2) is 53.1 Å². The first-order valence-corrected chi connectivity index (χ1v) is 11.1. The zero-order chi connectivity index (χ0) is 20.3. The largest absolute Gasteiger partial charge is 0.419 e. The van der Waals surface area contributed by atoms with Crippen molar-refractivity contribution in [3.63, 3.8) is 0 Å². The van der Waals surface area contributed by atoms with Crippen LogP contribution in [0.4, 0.5) is 0 Å². The van der Waals surface area contributed by atoms with Gasteiger partial charge in [0.25, 0.3) is 5.89 Å². The number of carbonyl (C=O) groups excluding carboxylic acids is 1. The van der Waals surface area contributed by atoms with E-state index in [0.29, 0.717) is 24.3 Å². The molecule has 1 saturated carbocycles. The van der Waals surface area contributed by atoms with Crippen LogP contribution in [0, 0.1) is 5.92 Å². The van der Waals surface area contributed by atoms with Crippen molar-refractivity contribution in [2.75, 3.05) is 13.1 Å². The third-order valence-corrected chi connectivity index (χ3v) is 6.58. The smallest absolute Gasteiger partial charge is 0.264 e. The normalized spacial score (nSPS) is 17.8. The molecule has 0 unspecified atom stereocenters. The van der Waals surface area contributed by atoms with Crippen LogP contribution in [-0.2, 0) is 17.8 Å². The highest BCUT2D eigenvalue weighted by molar-refractivity contribution is 5.76. The maximum absolute atomic E-state index is 12.9. The number of hydrogen-bond acceptors (Lipinski definition) is 4. The molecule has 6 heteroatoms. The van der Waals surface area contributed by atoms with E-state index in [-0.39, 0.29) is 5.91 Å². The molecule has 2 aliphatic rings. The molecular weight excluding hydrogens is 376 g/mol. The SMILES string of the molecule is O=C(Cn1cccc1-c1nnc(C2CCC2)o1)N1CCC(Cc2ccccc2)CC1. The number of hydrogen-bond donors (Lipinski definition) is 0. The monoisotopic (exact) mass is 404 g/mol. The maximum atomic E-state index is 12.9. The Kier molecular flexibility index (Phi) is 5.39. The lowest BCUT2D eigenvalue weighted by Crippen LogP contribution is -2.40. The van der Waals surface area contributed by atoms with E-state index in [1.165, 1.54) is 12.0 Å². The Morgan fingerprint density at radius 3 is 2.53 bits per heavy atom. The summed E-state index contributed by atoms with van der Waals surface area (Å²) in [5, 5.41) is 8.45. The van der Waals surface area contributed by atoms with E-state index in [4.69, 9.17) is 4.42 Å². The molecule has 0 bridgehead atoms. The number of carbonyl (C=O) groups is 1. The Morgan fingerprint density at radius 2 is 1.80 bits per heavy atom. The molecule has 1 aliphatic carbocycles. The Labute approximate surface area is 176 Å². The first-order valence-electron chi connectivity index (χ1n) is 11.1. The summed E-state index contributed by atoms with van der Waals surface area (Å²) in [4.78, 5) is 14.9. The van der Waals surface area contributed by atoms with Gasteiger partial charge in [0, 0.05) is 25.2 Å². The van der Waals surface area contributed by atoms with Crippen molar-refractivity contribution in [1.82, 2.24) is 19.7 Å². The summed E-state index contributed by atoms with van der Waals surface area (Å²) in [6, 6.07) is 14.5. The summed E-state index contributed by atoms with van der Waals surface area (Å²) in [6.07, 6.45) is 8.63. The van der Waals surface area contributed by atoms with Crippen molar-refractivity contribution >= 4 is 5.91 Å². The molecule has 1 aromatic carbocycles. The van der Waals surface area contributed by atoms with Crippen LogP contribution < -0.4 is 0 Å². The van der Waals surface area contributed by atoms with E-state index in [1.54, 1.807) is 0 Å². The van der Waals surface area contributed by atoms with Gasteiger partial charge in [-0.1, -0.05) is 36.8 Å². The number of aromatic nitrogens is 3. The second kappa shape index (κ2) is 8.46. The van der Waals surface area contributed by atoms with Crippen LogP contribution >= 0.6 is 0 Å². The number of likely N-dealkylation sites (tertiary alicyclic amines) is 1. The summed E-state index contributed by atoms with van der Waals surface area (Å²) in [5.41, 5.74) is 2.21. The average molecular weight is 405 g/mol. The quantitative estimate of drug-likeness (QED) is 0.615. The average Bonchev–Trinajstić information content (AvgIpc) is 3.37. The molecule has 156 valence electrons. The van der Waals surface area contributed by atoms with Crippen LogP contribution in [0.3, 0.4) is 0 Å². The van der Waals surface area contributed by atoms with Gasteiger partial charge in [0.2, 0.25) is 11.8 Å². The maximum Gasteiger partial charge on any atom is 0.264 e. The highest BCUT2D eigenvalue weighted by Crippen LogP contribution is 2.36. The minimum Gasteiger partial charge on any atom is -0.419 e.